The van der Waals surface area contributed by atoms with Crippen LogP contribution in [0.4, 0.5) is 5.69 Å². The average Bonchev–Trinajstić information content (AvgIpc) is 2.61. The zero-order valence-corrected chi connectivity index (χ0v) is 15.7. The molecule has 0 saturated heterocycles. The summed E-state index contributed by atoms with van der Waals surface area (Å²) in [5, 5.41) is 3.22. The predicted octanol–water partition coefficient (Wildman–Crippen LogP) is 2.91. The highest BCUT2D eigenvalue weighted by molar-refractivity contribution is 6.30. The molecule has 0 aliphatic carbocycles. The minimum absolute atomic E-state index is 0.252. The smallest absolute Gasteiger partial charge is 0.320 e. The molecule has 1 N–H and O–H groups in total. The van der Waals surface area contributed by atoms with Gasteiger partial charge in [-0.3, -0.25) is 23.5 Å². The van der Waals surface area contributed by atoms with Gasteiger partial charge in [-0.25, -0.2) is 0 Å². The number of carbonyl (C=O) groups is 1. The van der Waals surface area contributed by atoms with Crippen molar-refractivity contribution in [3.63, 3.8) is 0 Å². The molecule has 1 amide bonds. The first kappa shape index (κ1) is 18.7. The Morgan fingerprint density at radius 1 is 1.04 bits per heavy atom. The van der Waals surface area contributed by atoms with Crippen molar-refractivity contribution in [2.75, 3.05) is 5.32 Å². The van der Waals surface area contributed by atoms with Crippen LogP contribution < -0.4 is 16.4 Å². The summed E-state index contributed by atoms with van der Waals surface area (Å²) in [6, 6.07) is 12.3. The lowest BCUT2D eigenvalue weighted by atomic mass is 10.1. The molecular weight excluding hydrogens is 366 g/mol. The van der Waals surface area contributed by atoms with E-state index in [9.17, 15) is 14.4 Å². The molecule has 0 saturated carbocycles. The van der Waals surface area contributed by atoms with Crippen LogP contribution in [-0.2, 0) is 11.3 Å². The zero-order valence-electron chi connectivity index (χ0n) is 14.9. The number of rotatable bonds is 4. The van der Waals surface area contributed by atoms with Crippen molar-refractivity contribution in [2.45, 2.75) is 20.4 Å². The molecule has 3 aromatic rings. The van der Waals surface area contributed by atoms with Gasteiger partial charge in [-0.15, -0.1) is 0 Å². The summed E-state index contributed by atoms with van der Waals surface area (Å²) in [5.74, 6) is -0.385. The second kappa shape index (κ2) is 7.63. The monoisotopic (exact) mass is 383 g/mol. The van der Waals surface area contributed by atoms with Crippen LogP contribution in [0.25, 0.3) is 5.69 Å². The Kier molecular flexibility index (Phi) is 5.28. The Hall–Kier alpha value is -3.12. The van der Waals surface area contributed by atoms with E-state index in [1.54, 1.807) is 24.3 Å². The van der Waals surface area contributed by atoms with E-state index in [1.165, 1.54) is 17.0 Å². The molecule has 1 heterocycles. The Bertz CT molecular complexity index is 1130. The van der Waals surface area contributed by atoms with Gasteiger partial charge in [0.15, 0.2) is 0 Å². The average molecular weight is 384 g/mol. The van der Waals surface area contributed by atoms with E-state index in [0.717, 1.165) is 15.7 Å². The van der Waals surface area contributed by atoms with E-state index in [0.29, 0.717) is 16.4 Å². The molecule has 27 heavy (non-hydrogen) atoms. The van der Waals surface area contributed by atoms with Crippen molar-refractivity contribution in [1.29, 1.82) is 0 Å². The van der Waals surface area contributed by atoms with E-state index in [2.05, 4.69) is 5.32 Å². The summed E-state index contributed by atoms with van der Waals surface area (Å²) in [4.78, 5) is 37.0. The van der Waals surface area contributed by atoms with Gasteiger partial charge in [0, 0.05) is 23.1 Å². The van der Waals surface area contributed by atoms with Crippen molar-refractivity contribution in [3.8, 4) is 5.69 Å². The molecule has 0 spiro atoms. The van der Waals surface area contributed by atoms with Crippen LogP contribution in [0.5, 0.6) is 0 Å². The molecule has 0 fully saturated rings. The zero-order chi connectivity index (χ0) is 19.6. The van der Waals surface area contributed by atoms with Crippen molar-refractivity contribution in [2.24, 2.45) is 0 Å². The maximum atomic E-state index is 12.4. The lowest BCUT2D eigenvalue weighted by Gasteiger charge is -2.11. The third kappa shape index (κ3) is 4.17. The van der Waals surface area contributed by atoms with Gasteiger partial charge in [0.1, 0.15) is 6.54 Å². The fourth-order valence-corrected chi connectivity index (χ4v) is 2.95. The number of amides is 1. The van der Waals surface area contributed by atoms with Crippen LogP contribution in [0.15, 0.2) is 64.4 Å². The fraction of sp³-hybridized carbons (Fsp3) is 0.150. The first-order valence-electron chi connectivity index (χ1n) is 8.30. The van der Waals surface area contributed by atoms with E-state index in [4.69, 9.17) is 11.6 Å². The van der Waals surface area contributed by atoms with E-state index >= 15 is 0 Å². The minimum atomic E-state index is -0.784. The topological polar surface area (TPSA) is 73.1 Å². The third-order valence-electron chi connectivity index (χ3n) is 4.11. The Morgan fingerprint density at radius 2 is 1.81 bits per heavy atom. The van der Waals surface area contributed by atoms with Crippen LogP contribution >= 0.6 is 11.6 Å². The lowest BCUT2D eigenvalue weighted by molar-refractivity contribution is -0.116. The summed E-state index contributed by atoms with van der Waals surface area (Å²) >= 11 is 5.93. The van der Waals surface area contributed by atoms with Crippen LogP contribution in [0.3, 0.4) is 0 Å². The highest BCUT2D eigenvalue weighted by Gasteiger charge is 2.11. The van der Waals surface area contributed by atoms with Gasteiger partial charge in [-0.05, 0) is 43.7 Å². The molecule has 7 heteroatoms. The van der Waals surface area contributed by atoms with Crippen molar-refractivity contribution in [3.05, 3.63) is 91.7 Å². The quantitative estimate of drug-likeness (QED) is 0.704. The molecule has 0 atom stereocenters. The molecule has 0 unspecified atom stereocenters. The molecule has 3 rings (SSSR count). The Balaban J connectivity index is 1.84. The molecule has 0 aliphatic heterocycles. The van der Waals surface area contributed by atoms with Crippen LogP contribution in [0.2, 0.25) is 5.02 Å². The minimum Gasteiger partial charge on any atom is -0.324 e. The lowest BCUT2D eigenvalue weighted by Crippen LogP contribution is -2.41. The van der Waals surface area contributed by atoms with Crippen LogP contribution in [-0.4, -0.2) is 15.0 Å². The van der Waals surface area contributed by atoms with Crippen molar-refractivity contribution < 1.29 is 4.79 Å². The largest absolute Gasteiger partial charge is 0.324 e. The molecule has 0 radical (unpaired) electrons. The van der Waals surface area contributed by atoms with E-state index < -0.39 is 11.1 Å². The first-order valence-corrected chi connectivity index (χ1v) is 8.68. The number of nitrogens with one attached hydrogen (secondary N) is 1. The normalized spacial score (nSPS) is 10.6. The maximum Gasteiger partial charge on any atom is 0.320 e. The number of hydrogen-bond acceptors (Lipinski definition) is 3. The van der Waals surface area contributed by atoms with Gasteiger partial charge >= 0.3 is 11.1 Å². The summed E-state index contributed by atoms with van der Waals surface area (Å²) < 4.78 is 2.29. The fourth-order valence-electron chi connectivity index (χ4n) is 2.76. The standard InChI is InChI=1S/C20H18ClN3O3/c1-13-6-7-17(14(2)10-13)22-18(25)12-23-8-9-24(20(27)19(23)26)16-5-3-4-15(21)11-16/h3-11H,12H2,1-2H3,(H,22,25). The first-order chi connectivity index (χ1) is 12.8. The predicted molar refractivity (Wildman–Crippen MR) is 106 cm³/mol. The number of hydrogen-bond donors (Lipinski definition) is 1. The van der Waals surface area contributed by atoms with Gasteiger partial charge in [0.05, 0.1) is 5.69 Å². The number of aromatic nitrogens is 2. The van der Waals surface area contributed by atoms with Gasteiger partial charge in [0.25, 0.3) is 0 Å². The second-order valence-electron chi connectivity index (χ2n) is 6.25. The van der Waals surface area contributed by atoms with Crippen LogP contribution in [0, 0.1) is 13.8 Å². The van der Waals surface area contributed by atoms with Crippen LogP contribution in [0.1, 0.15) is 11.1 Å². The summed E-state index contributed by atoms with van der Waals surface area (Å²) in [6.45, 7) is 3.60. The maximum absolute atomic E-state index is 12.4. The molecule has 138 valence electrons. The number of benzene rings is 2. The van der Waals surface area contributed by atoms with Crippen molar-refractivity contribution in [1.82, 2.24) is 9.13 Å². The summed E-state index contributed by atoms with van der Waals surface area (Å²) in [7, 11) is 0. The second-order valence-corrected chi connectivity index (χ2v) is 6.69. The van der Waals surface area contributed by atoms with Gasteiger partial charge < -0.3 is 5.32 Å². The molecule has 6 nitrogen and oxygen atoms in total. The van der Waals surface area contributed by atoms with Gasteiger partial charge in [-0.1, -0.05) is 35.4 Å². The molecule has 0 bridgehead atoms. The highest BCUT2D eigenvalue weighted by Crippen LogP contribution is 2.16. The molecule has 1 aromatic heterocycles. The van der Waals surface area contributed by atoms with Gasteiger partial charge in [0.2, 0.25) is 5.91 Å². The Morgan fingerprint density at radius 3 is 2.52 bits per heavy atom. The summed E-state index contributed by atoms with van der Waals surface area (Å²) in [6.07, 6.45) is 2.85. The number of halogens is 1. The molecule has 0 aliphatic rings. The molecular formula is C20H18ClN3O3. The summed E-state index contributed by atoms with van der Waals surface area (Å²) in [5.41, 5.74) is 1.63. The number of nitrogens with zero attached hydrogens (tertiary/aromatic N) is 2. The highest BCUT2D eigenvalue weighted by atomic mass is 35.5. The third-order valence-corrected chi connectivity index (χ3v) is 4.35. The Labute approximate surface area is 160 Å². The molecule has 2 aromatic carbocycles. The van der Waals surface area contributed by atoms with E-state index in [1.807, 2.05) is 32.0 Å². The number of aryl methyl sites for hydroxylation is 2. The number of anilines is 1. The van der Waals surface area contributed by atoms with E-state index in [-0.39, 0.29) is 12.5 Å². The van der Waals surface area contributed by atoms with Gasteiger partial charge in [-0.2, -0.15) is 0 Å². The van der Waals surface area contributed by atoms with Crippen molar-refractivity contribution >= 4 is 23.2 Å². The number of carbonyl (C=O) groups excluding carboxylic acids is 1. The SMILES string of the molecule is Cc1ccc(NC(=O)Cn2ccn(-c3cccc(Cl)c3)c(=O)c2=O)c(C)c1.